The van der Waals surface area contributed by atoms with Crippen LogP contribution in [-0.4, -0.2) is 8.80 Å². The quantitative estimate of drug-likeness (QED) is 0.235. The highest BCUT2D eigenvalue weighted by Gasteiger charge is 2.30. The number of unbranched alkanes of at least 4 members (excludes halogenated alkanes) is 3. The number of aryl methyl sites for hydroxylation is 1. The molecule has 2 aliphatic rings. The van der Waals surface area contributed by atoms with Crippen molar-refractivity contribution in [1.82, 2.24) is 0 Å². The van der Waals surface area contributed by atoms with E-state index in [9.17, 15) is 8.78 Å². The first-order chi connectivity index (χ1) is 15.2. The molecule has 1 aromatic carbocycles. The molecule has 174 valence electrons. The molecular formula is C28H44F2Si. The van der Waals surface area contributed by atoms with E-state index in [2.05, 4.69) is 6.92 Å². The highest BCUT2D eigenvalue weighted by molar-refractivity contribution is 6.58. The maximum atomic E-state index is 13.2. The molecule has 3 rings (SSSR count). The fraction of sp³-hybridized carbons (Fsp3) is 0.714. The van der Waals surface area contributed by atoms with Crippen LogP contribution in [0.5, 0.6) is 0 Å². The van der Waals surface area contributed by atoms with Crippen molar-refractivity contribution >= 4 is 14.6 Å². The molecule has 0 bridgehead atoms. The van der Waals surface area contributed by atoms with Crippen molar-refractivity contribution in [2.75, 3.05) is 0 Å². The maximum absolute atomic E-state index is 13.2. The molecule has 1 heterocycles. The average Bonchev–Trinajstić information content (AvgIpc) is 2.83. The number of halogens is 2. The third-order valence-electron chi connectivity index (χ3n) is 8.32. The predicted molar refractivity (Wildman–Crippen MR) is 133 cm³/mol. The third kappa shape index (κ3) is 8.15. The summed E-state index contributed by atoms with van der Waals surface area (Å²) in [5, 5.41) is 0. The van der Waals surface area contributed by atoms with E-state index in [1.807, 2.05) is 12.1 Å². The lowest BCUT2D eigenvalue weighted by atomic mass is 9.73. The first kappa shape index (κ1) is 24.7. The largest absolute Gasteiger partial charge is 0.212 e. The molecule has 1 saturated heterocycles. The zero-order chi connectivity index (χ0) is 21.9. The van der Waals surface area contributed by atoms with Gasteiger partial charge in [-0.2, -0.15) is 0 Å². The molecule has 31 heavy (non-hydrogen) atoms. The number of benzene rings is 1. The van der Waals surface area contributed by atoms with E-state index in [4.69, 9.17) is 0 Å². The molecule has 0 nitrogen and oxygen atoms in total. The summed E-state index contributed by atoms with van der Waals surface area (Å²) in [4.78, 5) is 0. The monoisotopic (exact) mass is 446 g/mol. The molecule has 1 saturated carbocycles. The van der Waals surface area contributed by atoms with Crippen LogP contribution in [0.25, 0.3) is 5.83 Å². The summed E-state index contributed by atoms with van der Waals surface area (Å²) in [5.41, 5.74) is 1.56. The Morgan fingerprint density at radius 2 is 1.58 bits per heavy atom. The molecule has 0 unspecified atom stereocenters. The summed E-state index contributed by atoms with van der Waals surface area (Å²) in [5.74, 6) is 2.27. The van der Waals surface area contributed by atoms with Gasteiger partial charge in [-0.05, 0) is 49.0 Å². The van der Waals surface area contributed by atoms with Crippen LogP contribution in [0, 0.1) is 17.8 Å². The van der Waals surface area contributed by atoms with Crippen LogP contribution in [0.15, 0.2) is 30.6 Å². The van der Waals surface area contributed by atoms with Gasteiger partial charge < -0.3 is 0 Å². The van der Waals surface area contributed by atoms with Crippen LogP contribution in [0.2, 0.25) is 18.1 Å². The van der Waals surface area contributed by atoms with E-state index in [0.717, 1.165) is 24.2 Å². The fourth-order valence-electron chi connectivity index (χ4n) is 6.24. The van der Waals surface area contributed by atoms with Gasteiger partial charge in [-0.15, -0.1) is 0 Å². The van der Waals surface area contributed by atoms with Crippen LogP contribution < -0.4 is 0 Å². The number of hydrogen-bond acceptors (Lipinski definition) is 0. The second-order valence-electron chi connectivity index (χ2n) is 10.5. The molecule has 1 aromatic rings. The highest BCUT2D eigenvalue weighted by atomic mass is 28.3. The van der Waals surface area contributed by atoms with Gasteiger partial charge in [-0.3, -0.25) is 0 Å². The smallest absolute Gasteiger partial charge is 0.158 e. The molecule has 1 aliphatic heterocycles. The van der Waals surface area contributed by atoms with Crippen molar-refractivity contribution in [3.8, 4) is 0 Å². The Kier molecular flexibility index (Phi) is 10.8. The van der Waals surface area contributed by atoms with Crippen molar-refractivity contribution in [1.29, 1.82) is 0 Å². The minimum Gasteiger partial charge on any atom is -0.212 e. The van der Waals surface area contributed by atoms with E-state index in [1.54, 1.807) is 43.1 Å². The van der Waals surface area contributed by atoms with Crippen LogP contribution >= 0.6 is 0 Å². The molecule has 1 aliphatic carbocycles. The summed E-state index contributed by atoms with van der Waals surface area (Å²) < 4.78 is 25.5. The molecule has 0 aromatic heterocycles. The van der Waals surface area contributed by atoms with Crippen molar-refractivity contribution < 1.29 is 8.78 Å². The first-order valence-electron chi connectivity index (χ1n) is 13.2. The van der Waals surface area contributed by atoms with Gasteiger partial charge in [-0.1, -0.05) is 107 Å². The topological polar surface area (TPSA) is 0 Å². The van der Waals surface area contributed by atoms with E-state index in [1.165, 1.54) is 69.8 Å². The standard InChI is InChI=1S/C28H44F2Si/c1-2-3-6-19-31-20-17-26(18-21-31)25-13-9-23(10-14-25)7-4-5-8-24-11-15-27(16-12-24)28(30)22-29/h11-12,15-16,22-23,25-26,31H,2-10,13-14,17-21H2,1H3/t23-,25-,26-,31-. The Balaban J connectivity index is 1.26. The van der Waals surface area contributed by atoms with Gasteiger partial charge in [0.1, 0.15) is 6.33 Å². The molecular weight excluding hydrogens is 402 g/mol. The molecule has 0 amide bonds. The van der Waals surface area contributed by atoms with Gasteiger partial charge in [0, 0.05) is 14.4 Å². The van der Waals surface area contributed by atoms with Gasteiger partial charge in [0.25, 0.3) is 0 Å². The lowest BCUT2D eigenvalue weighted by Gasteiger charge is -2.37. The zero-order valence-corrected chi connectivity index (χ0v) is 20.9. The Morgan fingerprint density at radius 1 is 0.903 bits per heavy atom. The number of rotatable bonds is 11. The summed E-state index contributed by atoms with van der Waals surface area (Å²) in [7, 11) is -0.356. The molecule has 0 N–H and O–H groups in total. The average molecular weight is 447 g/mol. The maximum Gasteiger partial charge on any atom is 0.158 e. The van der Waals surface area contributed by atoms with Crippen molar-refractivity contribution in [3.63, 3.8) is 0 Å². The third-order valence-corrected chi connectivity index (χ3v) is 11.8. The lowest BCUT2D eigenvalue weighted by Crippen LogP contribution is -2.28. The molecule has 0 atom stereocenters. The van der Waals surface area contributed by atoms with E-state index >= 15 is 0 Å². The van der Waals surface area contributed by atoms with Crippen molar-refractivity contribution in [2.45, 2.75) is 109 Å². The van der Waals surface area contributed by atoms with Crippen molar-refractivity contribution in [2.24, 2.45) is 17.8 Å². The highest BCUT2D eigenvalue weighted by Crippen LogP contribution is 2.42. The van der Waals surface area contributed by atoms with Crippen LogP contribution in [-0.2, 0) is 6.42 Å². The van der Waals surface area contributed by atoms with Gasteiger partial charge in [0.05, 0.1) is 0 Å². The second-order valence-corrected chi connectivity index (χ2v) is 13.9. The van der Waals surface area contributed by atoms with Crippen LogP contribution in [0.3, 0.4) is 0 Å². The molecule has 3 heteroatoms. The van der Waals surface area contributed by atoms with Gasteiger partial charge in [-0.25, -0.2) is 8.78 Å². The van der Waals surface area contributed by atoms with Gasteiger partial charge >= 0.3 is 0 Å². The van der Waals surface area contributed by atoms with E-state index in [0.29, 0.717) is 5.56 Å². The summed E-state index contributed by atoms with van der Waals surface area (Å²) in [6.07, 6.45) is 18.4. The zero-order valence-electron chi connectivity index (χ0n) is 19.8. The molecule has 0 spiro atoms. The van der Waals surface area contributed by atoms with E-state index < -0.39 is 5.83 Å². The Morgan fingerprint density at radius 3 is 2.23 bits per heavy atom. The Bertz CT molecular complexity index is 637. The summed E-state index contributed by atoms with van der Waals surface area (Å²) >= 11 is 0. The predicted octanol–water partition coefficient (Wildman–Crippen LogP) is 9.27. The van der Waals surface area contributed by atoms with Crippen molar-refractivity contribution in [3.05, 3.63) is 41.7 Å². The number of hydrogen-bond donors (Lipinski definition) is 0. The summed E-state index contributed by atoms with van der Waals surface area (Å²) in [6.45, 7) is 2.33. The molecule has 0 radical (unpaired) electrons. The van der Waals surface area contributed by atoms with Gasteiger partial charge in [0.2, 0.25) is 0 Å². The summed E-state index contributed by atoms with van der Waals surface area (Å²) in [6, 6.07) is 12.2. The molecule has 2 fully saturated rings. The lowest BCUT2D eigenvalue weighted by molar-refractivity contribution is 0.184. The fourth-order valence-corrected chi connectivity index (χ4v) is 9.77. The first-order valence-corrected chi connectivity index (χ1v) is 15.7. The minimum absolute atomic E-state index is 0.0328. The van der Waals surface area contributed by atoms with Crippen LogP contribution in [0.1, 0.15) is 95.1 Å². The Hall–Kier alpha value is -0.963. The Labute approximate surface area is 191 Å². The van der Waals surface area contributed by atoms with Gasteiger partial charge in [0.15, 0.2) is 5.83 Å². The second kappa shape index (κ2) is 13.6. The minimum atomic E-state index is -0.788. The van der Waals surface area contributed by atoms with E-state index in [-0.39, 0.29) is 15.1 Å². The van der Waals surface area contributed by atoms with Crippen LogP contribution in [0.4, 0.5) is 8.78 Å². The SMILES string of the molecule is CCCCC[Si@H]1CC[C@H]([C@H]2CC[C@H](CCCCc3ccc(C(F)=CF)cc3)CC2)CC1. The normalized spacial score (nSPS) is 27.4.